The van der Waals surface area contributed by atoms with Crippen LogP contribution in [0.15, 0.2) is 24.3 Å². The van der Waals surface area contributed by atoms with Crippen molar-refractivity contribution in [3.63, 3.8) is 0 Å². The van der Waals surface area contributed by atoms with Gasteiger partial charge in [-0.2, -0.15) is 0 Å². The maximum absolute atomic E-state index is 5.65. The van der Waals surface area contributed by atoms with Crippen LogP contribution >= 0.6 is 0 Å². The van der Waals surface area contributed by atoms with Gasteiger partial charge in [-0.05, 0) is 23.3 Å². The first-order chi connectivity index (χ1) is 6.35. The van der Waals surface area contributed by atoms with Gasteiger partial charge in [0, 0.05) is 12.5 Å². The predicted octanol–water partition coefficient (Wildman–Crippen LogP) is 1.76. The first kappa shape index (κ1) is 8.32. The predicted molar refractivity (Wildman–Crippen MR) is 53.8 cm³/mol. The van der Waals surface area contributed by atoms with Gasteiger partial charge in [-0.15, -0.1) is 0 Å². The molecule has 0 aliphatic heterocycles. The zero-order valence-corrected chi connectivity index (χ0v) is 7.66. The van der Waals surface area contributed by atoms with E-state index in [9.17, 15) is 0 Å². The molecule has 0 radical (unpaired) electrons. The molecular weight excluding hydrogens is 162 g/mol. The minimum atomic E-state index is 0.366. The van der Waals surface area contributed by atoms with Crippen LogP contribution in [0.1, 0.15) is 17.0 Å². The zero-order chi connectivity index (χ0) is 9.26. The van der Waals surface area contributed by atoms with E-state index in [1.807, 2.05) is 6.07 Å². The molecule has 0 amide bonds. The Hall–Kier alpha value is -1.28. The van der Waals surface area contributed by atoms with E-state index in [0.29, 0.717) is 12.5 Å². The van der Waals surface area contributed by atoms with Crippen LogP contribution in [0.4, 0.5) is 0 Å². The van der Waals surface area contributed by atoms with E-state index in [1.54, 1.807) is 7.11 Å². The average Bonchev–Trinajstić information content (AvgIpc) is 2.59. The van der Waals surface area contributed by atoms with Gasteiger partial charge in [-0.25, -0.2) is 0 Å². The number of fused-ring (bicyclic) bond motifs is 1. The van der Waals surface area contributed by atoms with E-state index in [2.05, 4.69) is 24.3 Å². The van der Waals surface area contributed by atoms with Gasteiger partial charge >= 0.3 is 0 Å². The summed E-state index contributed by atoms with van der Waals surface area (Å²) in [4.78, 5) is 0. The van der Waals surface area contributed by atoms with Crippen LogP contribution in [-0.4, -0.2) is 13.7 Å². The van der Waals surface area contributed by atoms with Gasteiger partial charge in [0.2, 0.25) is 0 Å². The SMILES string of the molecule is COc1ccc2c(c1)C(CN)C=C2. The molecular formula is C11H13NO. The molecule has 13 heavy (non-hydrogen) atoms. The highest BCUT2D eigenvalue weighted by atomic mass is 16.5. The number of hydrogen-bond donors (Lipinski definition) is 1. The minimum absolute atomic E-state index is 0.366. The summed E-state index contributed by atoms with van der Waals surface area (Å²) in [6, 6.07) is 6.11. The molecule has 1 aliphatic carbocycles. The number of hydrogen-bond acceptors (Lipinski definition) is 2. The minimum Gasteiger partial charge on any atom is -0.497 e. The number of methoxy groups -OCH3 is 1. The van der Waals surface area contributed by atoms with Crippen LogP contribution in [0, 0.1) is 0 Å². The number of rotatable bonds is 2. The van der Waals surface area contributed by atoms with Gasteiger partial charge in [-0.1, -0.05) is 18.2 Å². The Morgan fingerprint density at radius 1 is 1.46 bits per heavy atom. The van der Waals surface area contributed by atoms with Crippen molar-refractivity contribution >= 4 is 6.08 Å². The highest BCUT2D eigenvalue weighted by molar-refractivity contribution is 5.63. The lowest BCUT2D eigenvalue weighted by Gasteiger charge is -2.09. The Morgan fingerprint density at radius 3 is 3.00 bits per heavy atom. The van der Waals surface area contributed by atoms with Crippen LogP contribution in [0.2, 0.25) is 0 Å². The molecule has 0 bridgehead atoms. The second-order valence-electron chi connectivity index (χ2n) is 3.20. The molecule has 0 fully saturated rings. The van der Waals surface area contributed by atoms with E-state index < -0.39 is 0 Å². The monoisotopic (exact) mass is 175 g/mol. The van der Waals surface area contributed by atoms with Crippen molar-refractivity contribution in [1.29, 1.82) is 0 Å². The molecule has 1 atom stereocenters. The van der Waals surface area contributed by atoms with Crippen molar-refractivity contribution in [1.82, 2.24) is 0 Å². The van der Waals surface area contributed by atoms with E-state index in [1.165, 1.54) is 11.1 Å². The molecule has 0 saturated heterocycles. The molecule has 1 aromatic rings. The molecule has 2 N–H and O–H groups in total. The molecule has 0 heterocycles. The lowest BCUT2D eigenvalue weighted by Crippen LogP contribution is -2.08. The standard InChI is InChI=1S/C11H13NO/c1-13-10-5-4-8-2-3-9(7-12)11(8)6-10/h2-6,9H,7,12H2,1H3. The molecule has 2 rings (SSSR count). The van der Waals surface area contributed by atoms with E-state index in [-0.39, 0.29) is 0 Å². The van der Waals surface area contributed by atoms with Crippen molar-refractivity contribution in [2.24, 2.45) is 5.73 Å². The second-order valence-corrected chi connectivity index (χ2v) is 3.20. The summed E-state index contributed by atoms with van der Waals surface area (Å²) in [5.41, 5.74) is 8.19. The van der Waals surface area contributed by atoms with Gasteiger partial charge in [-0.3, -0.25) is 0 Å². The molecule has 0 aromatic heterocycles. The molecule has 2 nitrogen and oxygen atoms in total. The fourth-order valence-corrected chi connectivity index (χ4v) is 1.68. The maximum atomic E-state index is 5.65. The Bertz CT molecular complexity index is 344. The van der Waals surface area contributed by atoms with Gasteiger partial charge in [0.15, 0.2) is 0 Å². The summed E-state index contributed by atoms with van der Waals surface area (Å²) in [7, 11) is 1.68. The van der Waals surface area contributed by atoms with Crippen molar-refractivity contribution in [2.45, 2.75) is 5.92 Å². The molecule has 1 aliphatic rings. The molecule has 0 saturated carbocycles. The van der Waals surface area contributed by atoms with E-state index in [0.717, 1.165) is 5.75 Å². The van der Waals surface area contributed by atoms with Crippen molar-refractivity contribution in [2.75, 3.05) is 13.7 Å². The van der Waals surface area contributed by atoms with Crippen molar-refractivity contribution in [3.8, 4) is 5.75 Å². The number of benzene rings is 1. The van der Waals surface area contributed by atoms with Gasteiger partial charge in [0.1, 0.15) is 5.75 Å². The summed E-state index contributed by atoms with van der Waals surface area (Å²) in [5.74, 6) is 1.27. The molecule has 2 heteroatoms. The third-order valence-electron chi connectivity index (χ3n) is 2.46. The first-order valence-corrected chi connectivity index (χ1v) is 4.41. The lowest BCUT2D eigenvalue weighted by molar-refractivity contribution is 0.414. The Balaban J connectivity index is 2.41. The molecule has 1 aromatic carbocycles. The van der Waals surface area contributed by atoms with E-state index >= 15 is 0 Å². The Labute approximate surface area is 78.0 Å². The van der Waals surface area contributed by atoms with Crippen molar-refractivity contribution in [3.05, 3.63) is 35.4 Å². The molecule has 1 unspecified atom stereocenters. The summed E-state index contributed by atoms with van der Waals surface area (Å²) < 4.78 is 5.16. The zero-order valence-electron chi connectivity index (χ0n) is 7.66. The smallest absolute Gasteiger partial charge is 0.119 e. The van der Waals surface area contributed by atoms with Gasteiger partial charge < -0.3 is 10.5 Å². The summed E-state index contributed by atoms with van der Waals surface area (Å²) in [6.45, 7) is 0.663. The first-order valence-electron chi connectivity index (χ1n) is 4.41. The average molecular weight is 175 g/mol. The lowest BCUT2D eigenvalue weighted by atomic mass is 10.0. The number of nitrogens with two attached hydrogens (primary N) is 1. The summed E-state index contributed by atoms with van der Waals surface area (Å²) in [6.07, 6.45) is 4.26. The normalized spacial score (nSPS) is 18.8. The number of ether oxygens (including phenoxy) is 1. The van der Waals surface area contributed by atoms with Crippen molar-refractivity contribution < 1.29 is 4.74 Å². The Kier molecular flexibility index (Phi) is 2.07. The van der Waals surface area contributed by atoms with Crippen LogP contribution in [-0.2, 0) is 0 Å². The second kappa shape index (κ2) is 3.23. The van der Waals surface area contributed by atoms with Crippen LogP contribution in [0.3, 0.4) is 0 Å². The molecule has 68 valence electrons. The largest absolute Gasteiger partial charge is 0.497 e. The fraction of sp³-hybridized carbons (Fsp3) is 0.273. The van der Waals surface area contributed by atoms with Crippen LogP contribution in [0.25, 0.3) is 6.08 Å². The highest BCUT2D eigenvalue weighted by Crippen LogP contribution is 2.31. The topological polar surface area (TPSA) is 35.2 Å². The third kappa shape index (κ3) is 1.33. The highest BCUT2D eigenvalue weighted by Gasteiger charge is 2.15. The summed E-state index contributed by atoms with van der Waals surface area (Å²) in [5, 5.41) is 0. The quantitative estimate of drug-likeness (QED) is 0.743. The molecule has 0 spiro atoms. The van der Waals surface area contributed by atoms with Crippen LogP contribution < -0.4 is 10.5 Å². The fourth-order valence-electron chi connectivity index (χ4n) is 1.68. The van der Waals surface area contributed by atoms with Gasteiger partial charge in [0.25, 0.3) is 0 Å². The van der Waals surface area contributed by atoms with E-state index in [4.69, 9.17) is 10.5 Å². The van der Waals surface area contributed by atoms with Gasteiger partial charge in [0.05, 0.1) is 7.11 Å². The maximum Gasteiger partial charge on any atom is 0.119 e. The Morgan fingerprint density at radius 2 is 2.31 bits per heavy atom. The third-order valence-corrected chi connectivity index (χ3v) is 2.46. The van der Waals surface area contributed by atoms with Crippen LogP contribution in [0.5, 0.6) is 5.75 Å². The summed E-state index contributed by atoms with van der Waals surface area (Å²) >= 11 is 0.